The van der Waals surface area contributed by atoms with Crippen LogP contribution in [-0.2, 0) is 17.6 Å². The van der Waals surface area contributed by atoms with Gasteiger partial charge in [0.1, 0.15) is 5.60 Å². The van der Waals surface area contributed by atoms with Gasteiger partial charge in [-0.05, 0) is 37.3 Å². The highest BCUT2D eigenvalue weighted by Gasteiger charge is 2.49. The number of nitriles is 1. The number of benzene rings is 1. The molecular weight excluding hydrogens is 214 g/mol. The molecule has 2 rings (SSSR count). The fourth-order valence-corrected chi connectivity index (χ4v) is 2.49. The Balaban J connectivity index is 2.44. The molecule has 3 heteroatoms. The number of carbonyl (C=O) groups excluding carboxylic acids is 1. The van der Waals surface area contributed by atoms with Crippen molar-refractivity contribution < 1.29 is 9.90 Å². The maximum Gasteiger partial charge on any atom is 0.152 e. The highest BCUT2D eigenvalue weighted by atomic mass is 16.3. The normalized spacial score (nSPS) is 26.4. The van der Waals surface area contributed by atoms with Crippen molar-refractivity contribution in [2.24, 2.45) is 5.41 Å². The molecule has 0 aliphatic heterocycles. The molecule has 0 spiro atoms. The molecule has 88 valence electrons. The summed E-state index contributed by atoms with van der Waals surface area (Å²) in [6.07, 6.45) is 2.18. The van der Waals surface area contributed by atoms with Gasteiger partial charge >= 0.3 is 0 Å². The van der Waals surface area contributed by atoms with Crippen molar-refractivity contribution >= 4 is 6.29 Å². The molecule has 1 aliphatic carbocycles. The van der Waals surface area contributed by atoms with Crippen molar-refractivity contribution in [2.45, 2.75) is 31.8 Å². The van der Waals surface area contributed by atoms with Gasteiger partial charge in [0.25, 0.3) is 0 Å². The molecule has 0 radical (unpaired) electrons. The van der Waals surface area contributed by atoms with E-state index in [2.05, 4.69) is 6.07 Å². The van der Waals surface area contributed by atoms with E-state index < -0.39 is 11.0 Å². The standard InChI is InChI=1S/C14H15NO2/c1-13(17,10-16)14(9-15)7-6-11-4-2-3-5-12(11)8-14/h2-5,10,17H,6-8H2,1H3. The van der Waals surface area contributed by atoms with Crippen LogP contribution in [0.15, 0.2) is 24.3 Å². The molecule has 17 heavy (non-hydrogen) atoms. The lowest BCUT2D eigenvalue weighted by atomic mass is 9.64. The van der Waals surface area contributed by atoms with Crippen molar-refractivity contribution in [1.82, 2.24) is 0 Å². The Morgan fingerprint density at radius 1 is 1.47 bits per heavy atom. The van der Waals surface area contributed by atoms with Gasteiger partial charge in [-0.2, -0.15) is 5.26 Å². The predicted octanol–water partition coefficient (Wildman–Crippen LogP) is 1.64. The number of hydrogen-bond acceptors (Lipinski definition) is 3. The number of aliphatic hydroxyl groups is 1. The van der Waals surface area contributed by atoms with E-state index in [1.807, 2.05) is 24.3 Å². The minimum Gasteiger partial charge on any atom is -0.381 e. The molecule has 0 saturated carbocycles. The highest BCUT2D eigenvalue weighted by Crippen LogP contribution is 2.42. The van der Waals surface area contributed by atoms with Crippen molar-refractivity contribution in [3.05, 3.63) is 35.4 Å². The van der Waals surface area contributed by atoms with Gasteiger partial charge in [0.05, 0.1) is 11.5 Å². The molecular formula is C14H15NO2. The van der Waals surface area contributed by atoms with Gasteiger partial charge in [-0.25, -0.2) is 0 Å². The van der Waals surface area contributed by atoms with Gasteiger partial charge < -0.3 is 9.90 Å². The zero-order valence-corrected chi connectivity index (χ0v) is 9.81. The van der Waals surface area contributed by atoms with Gasteiger partial charge in [0, 0.05) is 0 Å². The summed E-state index contributed by atoms with van der Waals surface area (Å²) in [7, 11) is 0. The average Bonchev–Trinajstić information content (AvgIpc) is 2.37. The van der Waals surface area contributed by atoms with E-state index in [1.165, 1.54) is 12.5 Å². The maximum atomic E-state index is 11.0. The van der Waals surface area contributed by atoms with Gasteiger partial charge in [0.15, 0.2) is 6.29 Å². The Hall–Kier alpha value is -1.66. The quantitative estimate of drug-likeness (QED) is 0.784. The molecule has 0 fully saturated rings. The van der Waals surface area contributed by atoms with Crippen molar-refractivity contribution in [3.63, 3.8) is 0 Å². The molecule has 0 heterocycles. The van der Waals surface area contributed by atoms with Crippen LogP contribution < -0.4 is 0 Å². The first-order chi connectivity index (χ1) is 8.04. The number of fused-ring (bicyclic) bond motifs is 1. The molecule has 2 unspecified atom stereocenters. The maximum absolute atomic E-state index is 11.0. The summed E-state index contributed by atoms with van der Waals surface area (Å²) >= 11 is 0. The zero-order chi connectivity index (χ0) is 12.5. The van der Waals surface area contributed by atoms with Crippen LogP contribution in [0.3, 0.4) is 0 Å². The second kappa shape index (κ2) is 3.97. The first-order valence-corrected chi connectivity index (χ1v) is 5.71. The summed E-state index contributed by atoms with van der Waals surface area (Å²) in [5.74, 6) is 0. The van der Waals surface area contributed by atoms with Crippen LogP contribution in [0.2, 0.25) is 0 Å². The van der Waals surface area contributed by atoms with Crippen LogP contribution in [0.25, 0.3) is 0 Å². The summed E-state index contributed by atoms with van der Waals surface area (Å²) in [4.78, 5) is 11.0. The van der Waals surface area contributed by atoms with Crippen LogP contribution in [0.4, 0.5) is 0 Å². The topological polar surface area (TPSA) is 61.1 Å². The molecule has 2 atom stereocenters. The fraction of sp³-hybridized carbons (Fsp3) is 0.429. The average molecular weight is 229 g/mol. The molecule has 3 nitrogen and oxygen atoms in total. The van der Waals surface area contributed by atoms with Crippen molar-refractivity contribution in [3.8, 4) is 6.07 Å². The second-order valence-corrected chi connectivity index (χ2v) is 4.90. The van der Waals surface area contributed by atoms with E-state index in [0.717, 1.165) is 12.0 Å². The fourth-order valence-electron chi connectivity index (χ4n) is 2.49. The largest absolute Gasteiger partial charge is 0.381 e. The smallest absolute Gasteiger partial charge is 0.152 e. The van der Waals surface area contributed by atoms with Crippen molar-refractivity contribution in [1.29, 1.82) is 5.26 Å². The van der Waals surface area contributed by atoms with E-state index in [-0.39, 0.29) is 0 Å². The monoisotopic (exact) mass is 229 g/mol. The van der Waals surface area contributed by atoms with Crippen LogP contribution in [0, 0.1) is 16.7 Å². The lowest BCUT2D eigenvalue weighted by molar-refractivity contribution is -0.133. The van der Waals surface area contributed by atoms with Gasteiger partial charge in [-0.3, -0.25) is 0 Å². The number of hydrogen-bond donors (Lipinski definition) is 1. The second-order valence-electron chi connectivity index (χ2n) is 4.90. The van der Waals surface area contributed by atoms with Gasteiger partial charge in [-0.1, -0.05) is 24.3 Å². The third-order valence-electron chi connectivity index (χ3n) is 3.84. The van der Waals surface area contributed by atoms with E-state index in [0.29, 0.717) is 19.1 Å². The molecule has 1 aliphatic rings. The number of rotatable bonds is 2. The Morgan fingerprint density at radius 2 is 2.12 bits per heavy atom. The highest BCUT2D eigenvalue weighted by molar-refractivity contribution is 5.65. The molecule has 0 aromatic heterocycles. The van der Waals surface area contributed by atoms with E-state index in [1.54, 1.807) is 0 Å². The van der Waals surface area contributed by atoms with Crippen molar-refractivity contribution in [2.75, 3.05) is 0 Å². The van der Waals surface area contributed by atoms with Crippen LogP contribution in [-0.4, -0.2) is 17.0 Å². The summed E-state index contributed by atoms with van der Waals surface area (Å²) < 4.78 is 0. The number of aryl methyl sites for hydroxylation is 1. The van der Waals surface area contributed by atoms with Gasteiger partial charge in [0.2, 0.25) is 0 Å². The van der Waals surface area contributed by atoms with Crippen LogP contribution in [0.1, 0.15) is 24.5 Å². The lowest BCUT2D eigenvalue weighted by Gasteiger charge is -2.40. The predicted molar refractivity (Wildman–Crippen MR) is 63.2 cm³/mol. The molecule has 0 bridgehead atoms. The zero-order valence-electron chi connectivity index (χ0n) is 9.81. The minimum absolute atomic E-state index is 0.436. The number of carbonyl (C=O) groups is 1. The van der Waals surface area contributed by atoms with Gasteiger partial charge in [-0.15, -0.1) is 0 Å². The minimum atomic E-state index is -1.59. The van der Waals surface area contributed by atoms with E-state index in [9.17, 15) is 15.2 Å². The number of aldehydes is 1. The SMILES string of the molecule is CC(O)(C=O)C1(C#N)CCc2ccccc2C1. The summed E-state index contributed by atoms with van der Waals surface area (Å²) in [5.41, 5.74) is -0.319. The Kier molecular flexibility index (Phi) is 2.76. The molecule has 0 amide bonds. The molecule has 1 aromatic rings. The Labute approximate surface area is 101 Å². The molecule has 1 aromatic carbocycles. The summed E-state index contributed by atoms with van der Waals surface area (Å²) in [6.45, 7) is 1.43. The van der Waals surface area contributed by atoms with Crippen LogP contribution >= 0.6 is 0 Å². The van der Waals surface area contributed by atoms with Crippen LogP contribution in [0.5, 0.6) is 0 Å². The van der Waals surface area contributed by atoms with E-state index >= 15 is 0 Å². The third kappa shape index (κ3) is 1.75. The molecule has 1 N–H and O–H groups in total. The first-order valence-electron chi connectivity index (χ1n) is 5.71. The lowest BCUT2D eigenvalue weighted by Crippen LogP contribution is -2.49. The first kappa shape index (κ1) is 11.8. The molecule has 0 saturated heterocycles. The summed E-state index contributed by atoms with van der Waals surface area (Å²) in [5, 5.41) is 19.5. The Bertz CT molecular complexity index is 487. The third-order valence-corrected chi connectivity index (χ3v) is 3.84. The number of nitrogens with zero attached hydrogens (tertiary/aromatic N) is 1. The Morgan fingerprint density at radius 3 is 2.71 bits per heavy atom. The summed E-state index contributed by atoms with van der Waals surface area (Å²) in [6, 6.07) is 10.0. The van der Waals surface area contributed by atoms with E-state index in [4.69, 9.17) is 0 Å².